The van der Waals surface area contributed by atoms with Crippen molar-refractivity contribution in [2.24, 2.45) is 5.92 Å². The molecule has 4 rings (SSSR count). The number of nitrogens with zero attached hydrogens (tertiary/aromatic N) is 5. The van der Waals surface area contributed by atoms with Gasteiger partial charge in [0.25, 0.3) is 5.56 Å². The highest BCUT2D eigenvalue weighted by Crippen LogP contribution is 2.31. The lowest BCUT2D eigenvalue weighted by Crippen LogP contribution is -2.50. The van der Waals surface area contributed by atoms with Crippen molar-refractivity contribution in [3.63, 3.8) is 0 Å². The zero-order chi connectivity index (χ0) is 29.6. The molecule has 0 amide bonds. The van der Waals surface area contributed by atoms with Gasteiger partial charge in [0.05, 0.1) is 23.6 Å². The van der Waals surface area contributed by atoms with Crippen LogP contribution >= 0.6 is 0 Å². The molecular weight excluding hydrogens is 542 g/mol. The Labute approximate surface area is 243 Å². The number of aryl methyl sites for hydroxylation is 1. The highest BCUT2D eigenvalue weighted by atomic mass is 32.2. The number of piperazine rings is 1. The molecule has 0 spiro atoms. The summed E-state index contributed by atoms with van der Waals surface area (Å²) in [4.78, 5) is 23.1. The van der Waals surface area contributed by atoms with Gasteiger partial charge in [0.1, 0.15) is 11.6 Å². The van der Waals surface area contributed by atoms with E-state index < -0.39 is 10.2 Å². The summed E-state index contributed by atoms with van der Waals surface area (Å²) in [6.45, 7) is 13.7. The highest BCUT2D eigenvalue weighted by Gasteiger charge is 2.27. The van der Waals surface area contributed by atoms with Gasteiger partial charge in [-0.05, 0) is 44.5 Å². The molecule has 41 heavy (non-hydrogen) atoms. The van der Waals surface area contributed by atoms with Gasteiger partial charge < -0.3 is 14.6 Å². The molecular formula is C29H45N7O4S. The Morgan fingerprint density at radius 1 is 1.10 bits per heavy atom. The number of rotatable bonds is 14. The van der Waals surface area contributed by atoms with E-state index in [0.29, 0.717) is 72.7 Å². The van der Waals surface area contributed by atoms with Gasteiger partial charge in [0, 0.05) is 32.6 Å². The summed E-state index contributed by atoms with van der Waals surface area (Å²) in [6.07, 6.45) is 6.42. The van der Waals surface area contributed by atoms with Crippen LogP contribution in [-0.2, 0) is 16.6 Å². The number of hydrogen-bond acceptors (Lipinski definition) is 7. The summed E-state index contributed by atoms with van der Waals surface area (Å²) in [5.74, 6) is 2.00. The van der Waals surface area contributed by atoms with Crippen LogP contribution < -0.4 is 15.0 Å². The number of anilines is 1. The first-order valence-corrected chi connectivity index (χ1v) is 16.4. The molecule has 0 bridgehead atoms. The van der Waals surface area contributed by atoms with Gasteiger partial charge >= 0.3 is 10.2 Å². The Morgan fingerprint density at radius 2 is 1.85 bits per heavy atom. The Morgan fingerprint density at radius 3 is 2.51 bits per heavy atom. The Hall–Kier alpha value is -2.96. The van der Waals surface area contributed by atoms with Crippen molar-refractivity contribution >= 4 is 21.4 Å². The predicted molar refractivity (Wildman–Crippen MR) is 163 cm³/mol. The smallest absolute Gasteiger partial charge is 0.301 e. The van der Waals surface area contributed by atoms with Gasteiger partial charge in [-0.3, -0.25) is 9.52 Å². The number of hydrogen-bond donors (Lipinski definition) is 2. The number of ether oxygens (including phenoxy) is 1. The Balaban J connectivity index is 1.69. The van der Waals surface area contributed by atoms with Gasteiger partial charge in [-0.15, -0.1) is 5.10 Å². The molecule has 1 aliphatic rings. The molecule has 1 aromatic carbocycles. The quantitative estimate of drug-likeness (QED) is 0.270. The second-order valence-corrected chi connectivity index (χ2v) is 12.4. The van der Waals surface area contributed by atoms with Gasteiger partial charge in [-0.2, -0.15) is 12.7 Å². The van der Waals surface area contributed by atoms with E-state index in [0.717, 1.165) is 31.6 Å². The number of unbranched alkanes of at least 4 members (excludes halogenated alkanes) is 2. The number of H-pyrrole nitrogens is 1. The molecule has 1 aliphatic heterocycles. The predicted octanol–water partition coefficient (Wildman–Crippen LogP) is 4.23. The van der Waals surface area contributed by atoms with Gasteiger partial charge in [0.15, 0.2) is 11.3 Å². The average molecular weight is 588 g/mol. The minimum Gasteiger partial charge on any atom is -0.493 e. The number of fused-ring (bicyclic) bond motifs is 1. The van der Waals surface area contributed by atoms with Crippen molar-refractivity contribution in [1.29, 1.82) is 0 Å². The molecule has 12 heteroatoms. The molecule has 0 saturated carbocycles. The number of likely N-dealkylation sites (N-methyl/N-ethyl adjacent to an activating group) is 1. The molecule has 1 unspecified atom stereocenters. The molecule has 1 fully saturated rings. The van der Waals surface area contributed by atoms with Crippen LogP contribution in [0.2, 0.25) is 0 Å². The first-order valence-electron chi connectivity index (χ1n) is 15.0. The van der Waals surface area contributed by atoms with E-state index in [4.69, 9.17) is 14.8 Å². The molecule has 11 nitrogen and oxygen atoms in total. The normalized spacial score (nSPS) is 15.8. The van der Waals surface area contributed by atoms with Gasteiger partial charge in [-0.25, -0.2) is 9.50 Å². The zero-order valence-electron chi connectivity index (χ0n) is 25.1. The Kier molecular flexibility index (Phi) is 10.4. The van der Waals surface area contributed by atoms with Crippen LogP contribution in [0, 0.1) is 12.8 Å². The van der Waals surface area contributed by atoms with Crippen molar-refractivity contribution < 1.29 is 13.2 Å². The lowest BCUT2D eigenvalue weighted by molar-refractivity contribution is 0.197. The monoisotopic (exact) mass is 587 g/mol. The average Bonchev–Trinajstić information content (AvgIpc) is 3.28. The maximum atomic E-state index is 13.3. The molecule has 0 aliphatic carbocycles. The summed E-state index contributed by atoms with van der Waals surface area (Å²) in [6, 6.07) is 5.04. The zero-order valence-corrected chi connectivity index (χ0v) is 25.9. The number of aromatic nitrogens is 4. The number of benzene rings is 1. The number of nitrogens with one attached hydrogen (secondary N) is 2. The van der Waals surface area contributed by atoms with Gasteiger partial charge in [-0.1, -0.05) is 52.9 Å². The fraction of sp³-hybridized carbons (Fsp3) is 0.621. The minimum absolute atomic E-state index is 0.293. The van der Waals surface area contributed by atoms with Crippen LogP contribution in [-0.4, -0.2) is 76.5 Å². The summed E-state index contributed by atoms with van der Waals surface area (Å²) < 4.78 is 38.1. The first-order chi connectivity index (χ1) is 19.7. The van der Waals surface area contributed by atoms with Crippen LogP contribution in [0.3, 0.4) is 0 Å². The second-order valence-electron chi connectivity index (χ2n) is 10.7. The van der Waals surface area contributed by atoms with Crippen LogP contribution in [0.1, 0.15) is 71.3 Å². The molecule has 1 saturated heterocycles. The summed E-state index contributed by atoms with van der Waals surface area (Å²) in [5, 5.41) is 4.82. The van der Waals surface area contributed by atoms with Crippen LogP contribution in [0.5, 0.6) is 5.75 Å². The third kappa shape index (κ3) is 7.28. The number of aromatic amines is 1. The molecule has 3 heterocycles. The highest BCUT2D eigenvalue weighted by molar-refractivity contribution is 7.90. The van der Waals surface area contributed by atoms with Crippen molar-refractivity contribution in [3.05, 3.63) is 40.1 Å². The maximum absolute atomic E-state index is 13.3. The van der Waals surface area contributed by atoms with E-state index in [9.17, 15) is 13.2 Å². The van der Waals surface area contributed by atoms with Crippen molar-refractivity contribution in [2.75, 3.05) is 44.1 Å². The van der Waals surface area contributed by atoms with E-state index >= 15 is 0 Å². The third-order valence-corrected chi connectivity index (χ3v) is 9.45. The largest absolute Gasteiger partial charge is 0.493 e. The SMILES string of the molecule is CCCCCC(CC)Cc1nc(C)c2c(=O)[nH]c(-c3cc(NS(=O)(=O)N4CCN(CC)CC4)ccc3OCC)nn12. The van der Waals surface area contributed by atoms with E-state index in [1.807, 2.05) is 13.8 Å². The van der Waals surface area contributed by atoms with Crippen molar-refractivity contribution in [3.8, 4) is 17.1 Å². The van der Waals surface area contributed by atoms with Crippen LogP contribution in [0.15, 0.2) is 23.0 Å². The standard InChI is InChI=1S/C29H45N7O4S/c1-6-10-11-12-22(7-2)19-26-30-21(5)27-29(37)31-28(32-36(26)27)24-20-23(13-14-25(24)40-9-4)33-41(38,39)35-17-15-34(8-3)16-18-35/h13-14,20,22,33H,6-12,15-19H2,1-5H3,(H,31,32,37). The fourth-order valence-corrected chi connectivity index (χ4v) is 6.64. The van der Waals surface area contributed by atoms with E-state index in [1.54, 1.807) is 22.7 Å². The van der Waals surface area contributed by atoms with E-state index in [2.05, 4.69) is 35.4 Å². The minimum atomic E-state index is -3.76. The first kappa shape index (κ1) is 31.0. The van der Waals surface area contributed by atoms with E-state index in [1.165, 1.54) is 23.6 Å². The van der Waals surface area contributed by atoms with Crippen LogP contribution in [0.25, 0.3) is 16.9 Å². The lowest BCUT2D eigenvalue weighted by Gasteiger charge is -2.33. The van der Waals surface area contributed by atoms with Crippen molar-refractivity contribution in [2.45, 2.75) is 73.1 Å². The lowest BCUT2D eigenvalue weighted by atomic mass is 9.95. The molecule has 0 radical (unpaired) electrons. The van der Waals surface area contributed by atoms with Crippen LogP contribution in [0.4, 0.5) is 5.69 Å². The summed E-state index contributed by atoms with van der Waals surface area (Å²) in [5.41, 5.74) is 1.63. The molecule has 3 aromatic rings. The summed E-state index contributed by atoms with van der Waals surface area (Å²) in [7, 11) is -3.76. The second kappa shape index (κ2) is 13.8. The van der Waals surface area contributed by atoms with Crippen molar-refractivity contribution in [1.82, 2.24) is 28.8 Å². The van der Waals surface area contributed by atoms with E-state index in [-0.39, 0.29) is 5.56 Å². The fourth-order valence-electron chi connectivity index (χ4n) is 5.44. The van der Waals surface area contributed by atoms with Gasteiger partial charge in [0.2, 0.25) is 0 Å². The molecule has 226 valence electrons. The summed E-state index contributed by atoms with van der Waals surface area (Å²) >= 11 is 0. The molecule has 1 atom stereocenters. The maximum Gasteiger partial charge on any atom is 0.301 e. The Bertz CT molecular complexity index is 1480. The third-order valence-electron chi connectivity index (χ3n) is 7.91. The molecule has 2 aromatic heterocycles. The number of imidazole rings is 1. The molecule has 2 N–H and O–H groups in total. The topological polar surface area (TPSA) is 125 Å².